The summed E-state index contributed by atoms with van der Waals surface area (Å²) < 4.78 is 10.3. The first-order chi connectivity index (χ1) is 31.6. The number of aromatic nitrogens is 5. The van der Waals surface area contributed by atoms with E-state index in [1.807, 2.05) is 145 Å². The maximum atomic E-state index is 11.8. The first-order valence-corrected chi connectivity index (χ1v) is 22.0. The molecule has 0 aromatic carbocycles. The van der Waals surface area contributed by atoms with Crippen LogP contribution in [0.5, 0.6) is 0 Å². The number of alkyl carbamates (subject to hydrolysis) is 1. The van der Waals surface area contributed by atoms with Crippen molar-refractivity contribution in [3.05, 3.63) is 150 Å². The minimum absolute atomic E-state index is 0. The Morgan fingerprint density at radius 2 is 0.986 bits per heavy atom. The fourth-order valence-corrected chi connectivity index (χ4v) is 5.40. The maximum Gasteiger partial charge on any atom is 1.00 e. The van der Waals surface area contributed by atoms with Crippen LogP contribution < -0.4 is 81.2 Å². The van der Waals surface area contributed by atoms with Crippen LogP contribution in [0.3, 0.4) is 0 Å². The Balaban J connectivity index is -0.000000425. The van der Waals surface area contributed by atoms with Crippen molar-refractivity contribution in [2.75, 3.05) is 32.7 Å². The van der Waals surface area contributed by atoms with Crippen molar-refractivity contribution in [3.8, 4) is 0 Å². The topological polar surface area (TPSA) is 237 Å². The Morgan fingerprint density at radius 1 is 0.638 bits per heavy atom. The molecule has 0 aliphatic heterocycles. The molecule has 5 heterocycles. The van der Waals surface area contributed by atoms with Crippen molar-refractivity contribution in [3.63, 3.8) is 0 Å². The van der Waals surface area contributed by atoms with Crippen molar-refractivity contribution in [2.45, 2.75) is 97.6 Å². The van der Waals surface area contributed by atoms with Crippen LogP contribution in [0.2, 0.25) is 0 Å². The molecule has 370 valence electrons. The van der Waals surface area contributed by atoms with Crippen LogP contribution in [0.15, 0.2) is 122 Å². The number of pyridine rings is 5. The van der Waals surface area contributed by atoms with Crippen LogP contribution in [0.25, 0.3) is 0 Å². The van der Waals surface area contributed by atoms with E-state index >= 15 is 0 Å². The average Bonchev–Trinajstić information content (AvgIpc) is 3.29. The number of hydrogen-bond acceptors (Lipinski definition) is 16. The zero-order valence-corrected chi connectivity index (χ0v) is 47.1. The summed E-state index contributed by atoms with van der Waals surface area (Å²) in [6, 6.07) is 29.3. The molecule has 1 amide bonds. The summed E-state index contributed by atoms with van der Waals surface area (Å²) in [5.41, 5.74) is 15.0. The van der Waals surface area contributed by atoms with Gasteiger partial charge in [-0.2, -0.15) is 0 Å². The molecule has 21 heteroatoms. The molecule has 0 bridgehead atoms. The number of alkyl halides is 1. The number of esters is 1. The van der Waals surface area contributed by atoms with E-state index in [1.54, 1.807) is 18.6 Å². The van der Waals surface area contributed by atoms with E-state index in [2.05, 4.69) is 44.9 Å². The monoisotopic (exact) mass is 1010 g/mol. The second-order valence-corrected chi connectivity index (χ2v) is 16.3. The van der Waals surface area contributed by atoms with Gasteiger partial charge in [0.05, 0.1) is 34.3 Å². The largest absolute Gasteiger partial charge is 1.00 e. The second-order valence-electron chi connectivity index (χ2n) is 16.0. The van der Waals surface area contributed by atoms with Gasteiger partial charge in [-0.25, -0.2) is 4.79 Å². The molecule has 0 aliphatic carbocycles. The molecule has 0 radical (unpaired) electrons. The SMILES string of the molecule is CC(C)(C)OC(=O)CCCN.CC(C)(C)OC(=O)NCCN(Cc1ccccn1)Cc1ccccn1.Cl.ClCc1ccccn1.NCCN(Cc1ccccn1)Cc1ccccn1.O=CO[O-].[H-].[Na+].[Na+]. The van der Waals surface area contributed by atoms with Gasteiger partial charge in [-0.05, 0) is 115 Å². The molecule has 0 spiro atoms. The Morgan fingerprint density at radius 3 is 1.25 bits per heavy atom. The molecular formula is C48H70Cl2N10Na2O7. The van der Waals surface area contributed by atoms with Crippen LogP contribution in [0.1, 0.15) is 84.3 Å². The van der Waals surface area contributed by atoms with Crippen LogP contribution in [0, 0.1) is 0 Å². The van der Waals surface area contributed by atoms with Gasteiger partial charge in [0.25, 0.3) is 6.47 Å². The molecule has 0 fully saturated rings. The third-order valence-electron chi connectivity index (χ3n) is 7.90. The van der Waals surface area contributed by atoms with E-state index in [-0.39, 0.29) is 91.0 Å². The average molecular weight is 1020 g/mol. The number of carbonyl (C=O) groups is 3. The van der Waals surface area contributed by atoms with E-state index in [4.69, 9.17) is 42.6 Å². The van der Waals surface area contributed by atoms with Gasteiger partial charge in [0, 0.05) is 89.8 Å². The number of nitrogens with two attached hydrogens (primary N) is 2. The molecule has 0 saturated carbocycles. The molecule has 0 aliphatic rings. The molecular weight excluding hydrogens is 945 g/mol. The number of nitrogens with zero attached hydrogens (tertiary/aromatic N) is 7. The fraction of sp³-hybridized carbons (Fsp3) is 0.417. The van der Waals surface area contributed by atoms with Gasteiger partial charge in [-0.15, -0.1) is 24.0 Å². The standard InChI is InChI=1S/C19H26N4O2.C14H18N4.C8H17NO2.C6H6ClN.CH2O3.ClH.2Na.H/c1-19(2,3)25-18(24)22-12-13-23(14-16-8-4-6-10-20-16)15-17-9-5-7-11-21-17;15-7-10-18(11-13-5-1-3-8-16-13)12-14-6-2-4-9-17-14;1-8(2,3)11-7(10)5-4-6-9;7-5-6-3-1-2-4-8-6;2-1-4-3;;;;/h4-11H,12-15H2,1-3H3,(H,22,24);1-6,8-9H,7,10-12,15H2;4-6,9H2,1-3H3;1-4H,5H2;1,3H;1H;;;/q;;;;;;2*+1;-1/p-1. The third kappa shape index (κ3) is 40.7. The van der Waals surface area contributed by atoms with Gasteiger partial charge >= 0.3 is 71.2 Å². The van der Waals surface area contributed by atoms with Crippen molar-refractivity contribution < 1.29 is 94.5 Å². The van der Waals surface area contributed by atoms with Crippen LogP contribution in [0.4, 0.5) is 4.79 Å². The summed E-state index contributed by atoms with van der Waals surface area (Å²) in [4.78, 5) is 59.8. The number of nitrogens with one attached hydrogen (secondary N) is 1. The zero-order chi connectivity index (χ0) is 48.9. The number of halogens is 2. The summed E-state index contributed by atoms with van der Waals surface area (Å²) in [6.07, 6.45) is 9.66. The molecule has 5 rings (SSSR count). The van der Waals surface area contributed by atoms with Gasteiger partial charge in [-0.3, -0.25) is 44.3 Å². The van der Waals surface area contributed by atoms with Gasteiger partial charge in [0.1, 0.15) is 11.2 Å². The van der Waals surface area contributed by atoms with E-state index in [0.29, 0.717) is 58.0 Å². The molecule has 5 aromatic rings. The molecule has 17 nitrogen and oxygen atoms in total. The molecule has 0 atom stereocenters. The van der Waals surface area contributed by atoms with Gasteiger partial charge in [0.15, 0.2) is 0 Å². The number of carbonyl (C=O) groups excluding carboxylic acids is 3. The number of ether oxygens (including phenoxy) is 2. The Hall–Kier alpha value is -3.66. The Labute approximate surface area is 465 Å². The van der Waals surface area contributed by atoms with E-state index in [1.165, 1.54) is 0 Å². The summed E-state index contributed by atoms with van der Waals surface area (Å²) >= 11 is 5.46. The first kappa shape index (κ1) is 69.6. The predicted molar refractivity (Wildman–Crippen MR) is 262 cm³/mol. The minimum Gasteiger partial charge on any atom is -1.00 e. The third-order valence-corrected chi connectivity index (χ3v) is 8.17. The summed E-state index contributed by atoms with van der Waals surface area (Å²) in [7, 11) is 0. The summed E-state index contributed by atoms with van der Waals surface area (Å²) in [6.45, 7) is 17.1. The number of hydrogen-bond donors (Lipinski definition) is 3. The Kier molecular flexibility index (Phi) is 43.5. The summed E-state index contributed by atoms with van der Waals surface area (Å²) in [5, 5.41) is 11.2. The van der Waals surface area contributed by atoms with Crippen molar-refractivity contribution in [1.29, 1.82) is 0 Å². The first-order valence-electron chi connectivity index (χ1n) is 21.4. The van der Waals surface area contributed by atoms with E-state index in [0.717, 1.165) is 48.1 Å². The normalized spacial score (nSPS) is 10.1. The molecule has 0 unspecified atom stereocenters. The zero-order valence-electron chi connectivity index (χ0n) is 42.5. The number of rotatable bonds is 18. The predicted octanol–water partition coefficient (Wildman–Crippen LogP) is 0.305. The maximum absolute atomic E-state index is 11.8. The minimum atomic E-state index is -0.494. The smallest absolute Gasteiger partial charge is 1.00 e. The van der Waals surface area contributed by atoms with Crippen LogP contribution >= 0.6 is 24.0 Å². The fourth-order valence-electron chi connectivity index (χ4n) is 5.24. The second kappa shape index (κ2) is 43.2. The van der Waals surface area contributed by atoms with Gasteiger partial charge < -0.3 is 37.8 Å². The summed E-state index contributed by atoms with van der Waals surface area (Å²) in [5.74, 6) is 0.337. The molecule has 5 aromatic heterocycles. The molecule has 69 heavy (non-hydrogen) atoms. The number of amides is 1. The van der Waals surface area contributed by atoms with Crippen molar-refractivity contribution >= 4 is 42.5 Å². The van der Waals surface area contributed by atoms with Gasteiger partial charge in [-0.1, -0.05) is 30.3 Å². The van der Waals surface area contributed by atoms with Crippen LogP contribution in [-0.4, -0.2) is 97.2 Å². The van der Waals surface area contributed by atoms with Gasteiger partial charge in [0.2, 0.25) is 0 Å². The Bertz CT molecular complexity index is 1890. The van der Waals surface area contributed by atoms with Crippen molar-refractivity contribution in [2.24, 2.45) is 11.5 Å². The van der Waals surface area contributed by atoms with Crippen LogP contribution in [-0.2, 0) is 56.0 Å². The molecule has 5 N–H and O–H groups in total. The molecule has 0 saturated heterocycles. The quantitative estimate of drug-likeness (QED) is 0.0268. The van der Waals surface area contributed by atoms with E-state index < -0.39 is 11.7 Å². The van der Waals surface area contributed by atoms with E-state index in [9.17, 15) is 9.59 Å². The van der Waals surface area contributed by atoms with Crippen molar-refractivity contribution in [1.82, 2.24) is 40.0 Å².